The SMILES string of the molecule is Cc1nc(C(F)(F)F)cn1-c1ccc(NC(=O)c2c(F)ccc(F)c2F)cc1.Cc1nc(C(F)(F)F)cn1-c1ccc(NCc2c(F)ccc(F)c2F)cc1. The molecule has 0 spiro atoms. The number of anilines is 2. The number of amides is 1. The number of alkyl halides is 6. The van der Waals surface area contributed by atoms with Gasteiger partial charge in [-0.25, -0.2) is 36.3 Å². The van der Waals surface area contributed by atoms with Gasteiger partial charge in [0.15, 0.2) is 34.7 Å². The molecule has 2 aromatic heterocycles. The fourth-order valence-corrected chi connectivity index (χ4v) is 5.04. The zero-order chi connectivity index (χ0) is 40.4. The largest absolute Gasteiger partial charge is 0.434 e. The van der Waals surface area contributed by atoms with E-state index in [1.165, 1.54) is 71.5 Å². The van der Waals surface area contributed by atoms with Gasteiger partial charge >= 0.3 is 12.4 Å². The number of nitrogens with zero attached hydrogens (tertiary/aromatic N) is 4. The van der Waals surface area contributed by atoms with Crippen LogP contribution in [0.4, 0.5) is 64.1 Å². The molecular weight excluding hydrogens is 760 g/mol. The highest BCUT2D eigenvalue weighted by atomic mass is 19.4. The number of rotatable bonds is 7. The van der Waals surface area contributed by atoms with Crippen LogP contribution in [0.25, 0.3) is 11.4 Å². The summed E-state index contributed by atoms with van der Waals surface area (Å²) in [6, 6.07) is 14.2. The maximum Gasteiger partial charge on any atom is 0.434 e. The van der Waals surface area contributed by atoms with E-state index in [4.69, 9.17) is 0 Å². The molecule has 0 radical (unpaired) electrons. The maximum absolute atomic E-state index is 13.7. The molecule has 0 saturated carbocycles. The van der Waals surface area contributed by atoms with Crippen molar-refractivity contribution in [2.75, 3.05) is 10.6 Å². The predicted molar refractivity (Wildman–Crippen MR) is 175 cm³/mol. The van der Waals surface area contributed by atoms with Crippen molar-refractivity contribution >= 4 is 17.3 Å². The van der Waals surface area contributed by atoms with Gasteiger partial charge in [-0.3, -0.25) is 4.79 Å². The topological polar surface area (TPSA) is 76.8 Å². The van der Waals surface area contributed by atoms with Crippen molar-refractivity contribution in [3.63, 3.8) is 0 Å². The second kappa shape index (κ2) is 15.6. The number of hydrogen-bond donors (Lipinski definition) is 2. The molecule has 6 aromatic rings. The number of hydrogen-bond acceptors (Lipinski definition) is 4. The number of aromatic nitrogens is 4. The molecule has 7 nitrogen and oxygen atoms in total. The van der Waals surface area contributed by atoms with Gasteiger partial charge in [-0.1, -0.05) is 0 Å². The first kappa shape index (κ1) is 39.9. The number of aryl methyl sites for hydroxylation is 2. The number of imidazole rings is 2. The summed E-state index contributed by atoms with van der Waals surface area (Å²) in [5.41, 5.74) is -2.27. The quantitative estimate of drug-likeness (QED) is 0.125. The predicted octanol–water partition coefficient (Wildman–Crippen LogP) is 10.1. The van der Waals surface area contributed by atoms with Crippen LogP contribution in [-0.2, 0) is 18.9 Å². The van der Waals surface area contributed by atoms with E-state index < -0.39 is 75.7 Å². The minimum Gasteiger partial charge on any atom is -0.381 e. The molecule has 6 rings (SSSR count). The number of carbonyl (C=O) groups excluding carboxylic acids is 1. The van der Waals surface area contributed by atoms with Crippen molar-refractivity contribution in [2.24, 2.45) is 0 Å². The molecule has 0 atom stereocenters. The van der Waals surface area contributed by atoms with Gasteiger partial charge in [-0.15, -0.1) is 0 Å². The fraction of sp³-hybridized carbons (Fsp3) is 0.139. The Morgan fingerprint density at radius 3 is 1.45 bits per heavy atom. The fourth-order valence-electron chi connectivity index (χ4n) is 5.04. The Balaban J connectivity index is 0.000000211. The Labute approximate surface area is 302 Å². The summed E-state index contributed by atoms with van der Waals surface area (Å²) in [4.78, 5) is 19.0. The van der Waals surface area contributed by atoms with Gasteiger partial charge in [0.2, 0.25) is 0 Å². The molecule has 1 amide bonds. The van der Waals surface area contributed by atoms with E-state index in [1.54, 1.807) is 0 Å². The van der Waals surface area contributed by atoms with Gasteiger partial charge in [0.25, 0.3) is 5.91 Å². The third kappa shape index (κ3) is 9.10. The van der Waals surface area contributed by atoms with Crippen LogP contribution in [0.15, 0.2) is 85.2 Å². The first-order valence-corrected chi connectivity index (χ1v) is 15.5. The van der Waals surface area contributed by atoms with E-state index in [9.17, 15) is 57.5 Å². The molecule has 4 aromatic carbocycles. The molecule has 19 heteroatoms. The second-order valence-corrected chi connectivity index (χ2v) is 11.5. The highest BCUT2D eigenvalue weighted by molar-refractivity contribution is 6.04. The van der Waals surface area contributed by atoms with Crippen molar-refractivity contribution in [3.8, 4) is 11.4 Å². The number of halogens is 12. The minimum absolute atomic E-state index is 0.0908. The van der Waals surface area contributed by atoms with Gasteiger partial charge in [0.05, 0.1) is 0 Å². The Morgan fingerprint density at radius 1 is 0.582 bits per heavy atom. The van der Waals surface area contributed by atoms with Crippen LogP contribution in [0.3, 0.4) is 0 Å². The van der Waals surface area contributed by atoms with Gasteiger partial charge in [0, 0.05) is 47.3 Å². The van der Waals surface area contributed by atoms with Crippen LogP contribution in [-0.4, -0.2) is 25.0 Å². The van der Waals surface area contributed by atoms with Crippen molar-refractivity contribution in [2.45, 2.75) is 32.7 Å². The van der Waals surface area contributed by atoms with Gasteiger partial charge in [0.1, 0.15) is 28.8 Å². The molecule has 288 valence electrons. The molecule has 0 aliphatic heterocycles. The van der Waals surface area contributed by atoms with Crippen LogP contribution in [0.5, 0.6) is 0 Å². The van der Waals surface area contributed by atoms with E-state index in [-0.39, 0.29) is 23.9 Å². The van der Waals surface area contributed by atoms with E-state index in [0.717, 1.165) is 18.5 Å². The smallest absolute Gasteiger partial charge is 0.381 e. The molecule has 0 fully saturated rings. The molecule has 55 heavy (non-hydrogen) atoms. The monoisotopic (exact) mass is 784 g/mol. The van der Waals surface area contributed by atoms with Crippen LogP contribution in [0.1, 0.15) is 39.0 Å². The second-order valence-electron chi connectivity index (χ2n) is 11.5. The van der Waals surface area contributed by atoms with E-state index >= 15 is 0 Å². The van der Waals surface area contributed by atoms with Crippen molar-refractivity contribution in [1.29, 1.82) is 0 Å². The molecule has 0 bridgehead atoms. The van der Waals surface area contributed by atoms with Crippen LogP contribution in [0, 0.1) is 48.8 Å². The van der Waals surface area contributed by atoms with Crippen molar-refractivity contribution in [3.05, 3.63) is 154 Å². The highest BCUT2D eigenvalue weighted by Crippen LogP contribution is 2.31. The molecule has 0 aliphatic carbocycles. The third-order valence-corrected chi connectivity index (χ3v) is 7.77. The van der Waals surface area contributed by atoms with Gasteiger partial charge < -0.3 is 19.8 Å². The summed E-state index contributed by atoms with van der Waals surface area (Å²) in [6.07, 6.45) is -7.44. The van der Waals surface area contributed by atoms with Gasteiger partial charge in [-0.05, 0) is 86.6 Å². The lowest BCUT2D eigenvalue weighted by molar-refractivity contribution is -0.141. The number of carbonyl (C=O) groups is 1. The molecule has 2 heterocycles. The van der Waals surface area contributed by atoms with E-state index in [1.807, 2.05) is 0 Å². The summed E-state index contributed by atoms with van der Waals surface area (Å²) in [7, 11) is 0. The maximum atomic E-state index is 13.7. The number of benzene rings is 4. The number of nitrogens with one attached hydrogen (secondary N) is 2. The summed E-state index contributed by atoms with van der Waals surface area (Å²) in [5.74, 6) is -8.50. The lowest BCUT2D eigenvalue weighted by Crippen LogP contribution is -2.16. The molecular formula is C36H24F12N6O. The Hall–Kier alpha value is -6.27. The summed E-state index contributed by atoms with van der Waals surface area (Å²) in [6.45, 7) is 2.54. The van der Waals surface area contributed by atoms with E-state index in [2.05, 4.69) is 20.6 Å². The van der Waals surface area contributed by atoms with E-state index in [0.29, 0.717) is 35.3 Å². The lowest BCUT2D eigenvalue weighted by Gasteiger charge is -2.10. The Bertz CT molecular complexity index is 2330. The molecule has 2 N–H and O–H groups in total. The van der Waals surface area contributed by atoms with Crippen LogP contribution >= 0.6 is 0 Å². The van der Waals surface area contributed by atoms with Crippen molar-refractivity contribution < 1.29 is 57.5 Å². The average Bonchev–Trinajstić information content (AvgIpc) is 3.72. The first-order valence-electron chi connectivity index (χ1n) is 15.5. The summed E-state index contributed by atoms with van der Waals surface area (Å²) >= 11 is 0. The summed E-state index contributed by atoms with van der Waals surface area (Å²) < 4.78 is 160. The Morgan fingerprint density at radius 2 is 1.00 bits per heavy atom. The molecule has 0 saturated heterocycles. The third-order valence-electron chi connectivity index (χ3n) is 7.77. The molecule has 0 unspecified atom stereocenters. The zero-order valence-corrected chi connectivity index (χ0v) is 28.0. The Kier molecular flexibility index (Phi) is 11.3. The first-order chi connectivity index (χ1) is 25.7. The highest BCUT2D eigenvalue weighted by Gasteiger charge is 2.35. The average molecular weight is 785 g/mol. The van der Waals surface area contributed by atoms with Gasteiger partial charge in [-0.2, -0.15) is 26.3 Å². The van der Waals surface area contributed by atoms with Crippen molar-refractivity contribution in [1.82, 2.24) is 19.1 Å². The minimum atomic E-state index is -4.59. The normalized spacial score (nSPS) is 11.6. The van der Waals surface area contributed by atoms with Crippen LogP contribution in [0.2, 0.25) is 0 Å². The zero-order valence-electron chi connectivity index (χ0n) is 28.0. The standard InChI is InChI=1S/C18H11F6N3O.C18H13F6N3/c1-9-25-14(18(22,23)24)8-27(9)11-4-2-10(3-5-11)26-17(28)15-12(19)6-7-13(20)16(15)21;1-10-26-16(18(22,23)24)9-27(10)12-4-2-11(3-5-12)25-8-13-14(19)6-7-15(20)17(13)21/h2-8H,1H3,(H,26,28);2-7,9,25H,8H2,1H3. The summed E-state index contributed by atoms with van der Waals surface area (Å²) in [5, 5.41) is 4.94. The molecule has 0 aliphatic rings. The van der Waals surface area contributed by atoms with Crippen LogP contribution < -0.4 is 10.6 Å². The lowest BCUT2D eigenvalue weighted by atomic mass is 10.1.